The van der Waals surface area contributed by atoms with E-state index in [9.17, 15) is 9.18 Å². The molecule has 1 saturated carbocycles. The van der Waals surface area contributed by atoms with Crippen molar-refractivity contribution in [3.8, 4) is 0 Å². The zero-order valence-corrected chi connectivity index (χ0v) is 11.4. The second-order valence-corrected chi connectivity index (χ2v) is 6.28. The summed E-state index contributed by atoms with van der Waals surface area (Å²) in [5.74, 6) is 0. The Kier molecular flexibility index (Phi) is 3.80. The first-order chi connectivity index (χ1) is 8.35. The first-order valence-electron chi connectivity index (χ1n) is 6.73. The molecular weight excluding hydrogens is 235 g/mol. The average molecular weight is 258 g/mol. The number of nitrogens with one attached hydrogen (secondary N) is 1. The van der Waals surface area contributed by atoms with Crippen LogP contribution < -0.4 is 5.32 Å². The topological polar surface area (TPSA) is 41.6 Å². The van der Waals surface area contributed by atoms with Gasteiger partial charge in [0.05, 0.1) is 6.04 Å². The van der Waals surface area contributed by atoms with Gasteiger partial charge in [0, 0.05) is 19.1 Å². The number of alkyl halides is 1. The molecule has 2 aliphatic rings. The molecule has 1 aliphatic heterocycles. The largest absolute Gasteiger partial charge is 0.444 e. The van der Waals surface area contributed by atoms with Crippen molar-refractivity contribution >= 4 is 6.09 Å². The van der Waals surface area contributed by atoms with Crippen molar-refractivity contribution in [2.24, 2.45) is 0 Å². The fourth-order valence-corrected chi connectivity index (χ4v) is 2.32. The van der Waals surface area contributed by atoms with Gasteiger partial charge in [0.25, 0.3) is 0 Å². The quantitative estimate of drug-likeness (QED) is 0.824. The van der Waals surface area contributed by atoms with Crippen LogP contribution in [-0.4, -0.2) is 47.9 Å². The molecule has 2 rings (SSSR count). The maximum atomic E-state index is 14.0. The Balaban J connectivity index is 1.78. The number of ether oxygens (including phenoxy) is 1. The predicted octanol–water partition coefficient (Wildman–Crippen LogP) is 2.09. The van der Waals surface area contributed by atoms with Gasteiger partial charge in [-0.25, -0.2) is 9.18 Å². The van der Waals surface area contributed by atoms with Crippen LogP contribution in [0.15, 0.2) is 0 Å². The summed E-state index contributed by atoms with van der Waals surface area (Å²) in [4.78, 5) is 13.8. The van der Waals surface area contributed by atoms with Crippen molar-refractivity contribution in [3.05, 3.63) is 0 Å². The van der Waals surface area contributed by atoms with Crippen LogP contribution in [0.1, 0.15) is 40.0 Å². The van der Waals surface area contributed by atoms with Crippen molar-refractivity contribution in [3.63, 3.8) is 0 Å². The molecule has 0 spiro atoms. The van der Waals surface area contributed by atoms with E-state index in [1.165, 1.54) is 12.8 Å². The Morgan fingerprint density at radius 1 is 1.33 bits per heavy atom. The highest BCUT2D eigenvalue weighted by atomic mass is 19.1. The summed E-state index contributed by atoms with van der Waals surface area (Å²) < 4.78 is 19.1. The molecule has 0 aromatic rings. The van der Waals surface area contributed by atoms with Crippen LogP contribution in [0.3, 0.4) is 0 Å². The lowest BCUT2D eigenvalue weighted by Crippen LogP contribution is -2.53. The lowest BCUT2D eigenvalue weighted by atomic mass is 10.0. The minimum atomic E-state index is -0.994. The molecule has 0 radical (unpaired) electrons. The summed E-state index contributed by atoms with van der Waals surface area (Å²) in [6.07, 6.45) is 1.53. The molecular formula is C13H23FN2O2. The molecule has 0 aromatic carbocycles. The van der Waals surface area contributed by atoms with Crippen LogP contribution >= 0.6 is 0 Å². The fourth-order valence-electron chi connectivity index (χ4n) is 2.32. The number of alkyl carbamates (subject to hydrolysis) is 1. The van der Waals surface area contributed by atoms with Crippen molar-refractivity contribution in [2.45, 2.75) is 63.9 Å². The number of halogens is 1. The van der Waals surface area contributed by atoms with Gasteiger partial charge in [-0.05, 0) is 40.0 Å². The Morgan fingerprint density at radius 3 is 2.50 bits per heavy atom. The average Bonchev–Trinajstić information content (AvgIpc) is 3.01. The molecule has 4 nitrogen and oxygen atoms in total. The van der Waals surface area contributed by atoms with Gasteiger partial charge in [-0.15, -0.1) is 0 Å². The lowest BCUT2D eigenvalue weighted by molar-refractivity contribution is 0.0391. The van der Waals surface area contributed by atoms with E-state index in [1.54, 1.807) is 20.8 Å². The molecule has 1 amide bonds. The van der Waals surface area contributed by atoms with E-state index in [4.69, 9.17) is 4.74 Å². The van der Waals surface area contributed by atoms with Crippen molar-refractivity contribution in [2.75, 3.05) is 13.1 Å². The third kappa shape index (κ3) is 3.83. The van der Waals surface area contributed by atoms with E-state index in [1.807, 2.05) is 0 Å². The second-order valence-electron chi connectivity index (χ2n) is 6.28. The summed E-state index contributed by atoms with van der Waals surface area (Å²) in [7, 11) is 0. The second kappa shape index (κ2) is 5.03. The maximum Gasteiger partial charge on any atom is 0.407 e. The Labute approximate surface area is 108 Å². The molecule has 18 heavy (non-hydrogen) atoms. The van der Waals surface area contributed by atoms with Crippen LogP contribution in [0.5, 0.6) is 0 Å². The molecule has 0 bridgehead atoms. The number of nitrogens with zero attached hydrogens (tertiary/aromatic N) is 1. The van der Waals surface area contributed by atoms with Gasteiger partial charge in [-0.1, -0.05) is 0 Å². The van der Waals surface area contributed by atoms with E-state index in [0.29, 0.717) is 19.0 Å². The highest BCUT2D eigenvalue weighted by Crippen LogP contribution is 2.30. The van der Waals surface area contributed by atoms with E-state index >= 15 is 0 Å². The van der Waals surface area contributed by atoms with E-state index in [0.717, 1.165) is 6.54 Å². The van der Waals surface area contributed by atoms with Crippen molar-refractivity contribution in [1.82, 2.24) is 10.2 Å². The molecule has 2 atom stereocenters. The number of hydrogen-bond acceptors (Lipinski definition) is 3. The number of hydrogen-bond donors (Lipinski definition) is 1. The smallest absolute Gasteiger partial charge is 0.407 e. The summed E-state index contributed by atoms with van der Waals surface area (Å²) in [6, 6.07) is 0.181. The molecule has 2 unspecified atom stereocenters. The standard InChI is InChI=1S/C13H23FN2O2/c1-13(2,3)18-12(17)15-11-6-7-16(8-10(11)14)9-4-5-9/h9-11H,4-8H2,1-3H3,(H,15,17). The maximum absolute atomic E-state index is 14.0. The number of piperidine rings is 1. The molecule has 5 heteroatoms. The van der Waals surface area contributed by atoms with Gasteiger partial charge in [0.15, 0.2) is 0 Å². The third-order valence-corrected chi connectivity index (χ3v) is 3.34. The van der Waals surface area contributed by atoms with Crippen molar-refractivity contribution in [1.29, 1.82) is 0 Å². The molecule has 104 valence electrons. The molecule has 2 fully saturated rings. The first kappa shape index (κ1) is 13.6. The number of carbonyl (C=O) groups is 1. The Morgan fingerprint density at radius 2 is 2.00 bits per heavy atom. The Hall–Kier alpha value is -0.840. The van der Waals surface area contributed by atoms with E-state index in [2.05, 4.69) is 10.2 Å². The van der Waals surface area contributed by atoms with Gasteiger partial charge < -0.3 is 10.1 Å². The third-order valence-electron chi connectivity index (χ3n) is 3.34. The monoisotopic (exact) mass is 258 g/mol. The molecule has 1 aliphatic carbocycles. The summed E-state index contributed by atoms with van der Waals surface area (Å²) in [5.41, 5.74) is -0.537. The fraction of sp³-hybridized carbons (Fsp3) is 0.923. The number of amides is 1. The van der Waals surface area contributed by atoms with Crippen LogP contribution in [0.4, 0.5) is 9.18 Å². The van der Waals surface area contributed by atoms with E-state index < -0.39 is 23.9 Å². The van der Waals surface area contributed by atoms with Gasteiger partial charge in [-0.3, -0.25) is 4.90 Å². The molecule has 1 N–H and O–H groups in total. The highest BCUT2D eigenvalue weighted by Gasteiger charge is 2.37. The van der Waals surface area contributed by atoms with Crippen LogP contribution in [-0.2, 0) is 4.74 Å². The Bertz CT molecular complexity index is 313. The molecule has 1 heterocycles. The summed E-state index contributed by atoms with van der Waals surface area (Å²) in [5, 5.41) is 2.64. The van der Waals surface area contributed by atoms with Crippen molar-refractivity contribution < 1.29 is 13.9 Å². The first-order valence-corrected chi connectivity index (χ1v) is 6.73. The highest BCUT2D eigenvalue weighted by molar-refractivity contribution is 5.68. The van der Waals surface area contributed by atoms with Crippen LogP contribution in [0, 0.1) is 0 Å². The summed E-state index contributed by atoms with van der Waals surface area (Å²) in [6.45, 7) is 6.70. The number of likely N-dealkylation sites (tertiary alicyclic amines) is 1. The predicted molar refractivity (Wildman–Crippen MR) is 67.3 cm³/mol. The van der Waals surface area contributed by atoms with Gasteiger partial charge in [0.2, 0.25) is 0 Å². The minimum Gasteiger partial charge on any atom is -0.444 e. The number of rotatable bonds is 2. The van der Waals surface area contributed by atoms with Crippen LogP contribution in [0.25, 0.3) is 0 Å². The normalized spacial score (nSPS) is 30.0. The van der Waals surface area contributed by atoms with Gasteiger partial charge >= 0.3 is 6.09 Å². The van der Waals surface area contributed by atoms with Gasteiger partial charge in [-0.2, -0.15) is 0 Å². The lowest BCUT2D eigenvalue weighted by Gasteiger charge is -2.35. The molecule has 1 saturated heterocycles. The summed E-state index contributed by atoms with van der Waals surface area (Å²) >= 11 is 0. The van der Waals surface area contributed by atoms with Crippen LogP contribution in [0.2, 0.25) is 0 Å². The number of carbonyl (C=O) groups excluding carboxylic acids is 1. The zero-order chi connectivity index (χ0) is 13.3. The molecule has 0 aromatic heterocycles. The van der Waals surface area contributed by atoms with Gasteiger partial charge in [0.1, 0.15) is 11.8 Å². The SMILES string of the molecule is CC(C)(C)OC(=O)NC1CCN(C2CC2)CC1F. The minimum absolute atomic E-state index is 0.408. The van der Waals surface area contributed by atoms with E-state index in [-0.39, 0.29) is 0 Å². The zero-order valence-electron chi connectivity index (χ0n) is 11.4.